The molecule has 1 saturated heterocycles. The van der Waals surface area contributed by atoms with E-state index in [4.69, 9.17) is 0 Å². The number of rotatable bonds is 3. The molecule has 1 amide bonds. The van der Waals surface area contributed by atoms with Gasteiger partial charge in [0.15, 0.2) is 0 Å². The number of carbonyl (C=O) groups excluding carboxylic acids is 1. The van der Waals surface area contributed by atoms with E-state index < -0.39 is 0 Å². The first kappa shape index (κ1) is 13.8. The fraction of sp³-hybridized carbons (Fsp3) is 0.400. The highest BCUT2D eigenvalue weighted by Gasteiger charge is 2.25. The minimum atomic E-state index is 0.0218. The number of amides is 1. The van der Waals surface area contributed by atoms with Crippen LogP contribution in [0.25, 0.3) is 5.69 Å². The summed E-state index contributed by atoms with van der Waals surface area (Å²) in [5, 5.41) is 14.2. The number of nitrogens with one attached hydrogen (secondary N) is 2. The van der Waals surface area contributed by atoms with Gasteiger partial charge in [-0.15, -0.1) is 10.2 Å². The number of para-hydroxylation sites is 1. The molecule has 1 aromatic carbocycles. The molecule has 0 radical (unpaired) electrons. The SMILES string of the molecule is C[C@H]1C[C@@H](C(=O)Nc2nncn2-c2ccccc2)CCN1. The molecule has 1 aliphatic heterocycles. The summed E-state index contributed by atoms with van der Waals surface area (Å²) in [6.45, 7) is 2.98. The Labute approximate surface area is 123 Å². The van der Waals surface area contributed by atoms with Crippen molar-refractivity contribution in [3.63, 3.8) is 0 Å². The van der Waals surface area contributed by atoms with Gasteiger partial charge in [0.25, 0.3) is 0 Å². The van der Waals surface area contributed by atoms with E-state index in [0.717, 1.165) is 25.1 Å². The minimum Gasteiger partial charge on any atom is -0.314 e. The van der Waals surface area contributed by atoms with E-state index in [2.05, 4.69) is 27.8 Å². The summed E-state index contributed by atoms with van der Waals surface area (Å²) in [4.78, 5) is 12.4. The van der Waals surface area contributed by atoms with Gasteiger partial charge in [0.2, 0.25) is 11.9 Å². The Kier molecular flexibility index (Phi) is 3.96. The predicted molar refractivity (Wildman–Crippen MR) is 80.2 cm³/mol. The largest absolute Gasteiger partial charge is 0.314 e. The van der Waals surface area contributed by atoms with Gasteiger partial charge in [-0.25, -0.2) is 0 Å². The molecule has 2 aromatic rings. The number of nitrogens with zero attached hydrogens (tertiary/aromatic N) is 3. The molecule has 2 N–H and O–H groups in total. The van der Waals surface area contributed by atoms with Gasteiger partial charge in [-0.3, -0.25) is 14.7 Å². The number of benzene rings is 1. The van der Waals surface area contributed by atoms with Crippen LogP contribution in [-0.4, -0.2) is 33.3 Å². The van der Waals surface area contributed by atoms with Crippen molar-refractivity contribution >= 4 is 11.9 Å². The molecule has 0 bridgehead atoms. The maximum absolute atomic E-state index is 12.4. The number of hydrogen-bond acceptors (Lipinski definition) is 4. The molecular formula is C15H19N5O. The molecule has 1 aromatic heterocycles. The molecule has 0 spiro atoms. The van der Waals surface area contributed by atoms with E-state index in [1.165, 1.54) is 0 Å². The summed E-state index contributed by atoms with van der Waals surface area (Å²) in [7, 11) is 0. The summed E-state index contributed by atoms with van der Waals surface area (Å²) in [6.07, 6.45) is 3.32. The molecule has 3 rings (SSSR count). The van der Waals surface area contributed by atoms with Crippen molar-refractivity contribution in [3.05, 3.63) is 36.7 Å². The number of anilines is 1. The van der Waals surface area contributed by atoms with Crippen molar-refractivity contribution < 1.29 is 4.79 Å². The van der Waals surface area contributed by atoms with Gasteiger partial charge in [-0.05, 0) is 38.4 Å². The summed E-state index contributed by atoms with van der Waals surface area (Å²) in [5.74, 6) is 0.521. The van der Waals surface area contributed by atoms with Crippen LogP contribution in [0.15, 0.2) is 36.7 Å². The number of hydrogen-bond donors (Lipinski definition) is 2. The first-order valence-corrected chi connectivity index (χ1v) is 7.24. The van der Waals surface area contributed by atoms with Crippen molar-refractivity contribution in [1.82, 2.24) is 20.1 Å². The molecule has 0 saturated carbocycles. The van der Waals surface area contributed by atoms with Crippen LogP contribution in [0.3, 0.4) is 0 Å². The lowest BCUT2D eigenvalue weighted by Gasteiger charge is -2.26. The van der Waals surface area contributed by atoms with Crippen LogP contribution in [0.4, 0.5) is 5.95 Å². The zero-order chi connectivity index (χ0) is 14.7. The van der Waals surface area contributed by atoms with Crippen molar-refractivity contribution in [3.8, 4) is 5.69 Å². The minimum absolute atomic E-state index is 0.0218. The monoisotopic (exact) mass is 285 g/mol. The van der Waals surface area contributed by atoms with Gasteiger partial charge in [-0.2, -0.15) is 0 Å². The topological polar surface area (TPSA) is 71.8 Å². The van der Waals surface area contributed by atoms with Crippen molar-refractivity contribution in [2.45, 2.75) is 25.8 Å². The summed E-state index contributed by atoms with van der Waals surface area (Å²) >= 11 is 0. The lowest BCUT2D eigenvalue weighted by Crippen LogP contribution is -2.40. The van der Waals surface area contributed by atoms with E-state index in [1.54, 1.807) is 10.9 Å². The highest BCUT2D eigenvalue weighted by atomic mass is 16.2. The molecule has 6 nitrogen and oxygen atoms in total. The second-order valence-electron chi connectivity index (χ2n) is 5.43. The number of piperidine rings is 1. The molecule has 0 aliphatic carbocycles. The Balaban J connectivity index is 1.74. The lowest BCUT2D eigenvalue weighted by atomic mass is 9.92. The maximum Gasteiger partial charge on any atom is 0.235 e. The third-order valence-electron chi connectivity index (χ3n) is 3.81. The normalized spacial score (nSPS) is 22.0. The Hall–Kier alpha value is -2.21. The van der Waals surface area contributed by atoms with Crippen LogP contribution < -0.4 is 10.6 Å². The summed E-state index contributed by atoms with van der Waals surface area (Å²) in [6, 6.07) is 10.1. The molecule has 1 aliphatic rings. The molecule has 0 unspecified atom stereocenters. The molecule has 21 heavy (non-hydrogen) atoms. The van der Waals surface area contributed by atoms with E-state index in [9.17, 15) is 4.79 Å². The van der Waals surface area contributed by atoms with Gasteiger partial charge in [0.05, 0.1) is 5.69 Å². The fourth-order valence-corrected chi connectivity index (χ4v) is 2.68. The van der Waals surface area contributed by atoms with Gasteiger partial charge < -0.3 is 5.32 Å². The zero-order valence-corrected chi connectivity index (χ0v) is 12.0. The number of carbonyl (C=O) groups is 1. The molecule has 2 heterocycles. The van der Waals surface area contributed by atoms with Crippen LogP contribution in [0, 0.1) is 5.92 Å². The summed E-state index contributed by atoms with van der Waals surface area (Å²) in [5.41, 5.74) is 0.927. The zero-order valence-electron chi connectivity index (χ0n) is 12.0. The molecular weight excluding hydrogens is 266 g/mol. The first-order chi connectivity index (χ1) is 10.2. The van der Waals surface area contributed by atoms with Crippen LogP contribution >= 0.6 is 0 Å². The van der Waals surface area contributed by atoms with Crippen molar-refractivity contribution in [2.24, 2.45) is 5.92 Å². The van der Waals surface area contributed by atoms with Gasteiger partial charge in [0.1, 0.15) is 6.33 Å². The van der Waals surface area contributed by atoms with E-state index in [-0.39, 0.29) is 11.8 Å². The maximum atomic E-state index is 12.4. The Morgan fingerprint density at radius 2 is 2.19 bits per heavy atom. The third-order valence-corrected chi connectivity index (χ3v) is 3.81. The van der Waals surface area contributed by atoms with Crippen LogP contribution in [0.2, 0.25) is 0 Å². The highest BCUT2D eigenvalue weighted by Crippen LogP contribution is 2.19. The van der Waals surface area contributed by atoms with Gasteiger partial charge in [0, 0.05) is 12.0 Å². The second kappa shape index (κ2) is 6.05. The van der Waals surface area contributed by atoms with E-state index >= 15 is 0 Å². The highest BCUT2D eigenvalue weighted by molar-refractivity contribution is 5.91. The first-order valence-electron chi connectivity index (χ1n) is 7.24. The van der Waals surface area contributed by atoms with E-state index in [1.807, 2.05) is 30.3 Å². The average molecular weight is 285 g/mol. The average Bonchev–Trinajstić information content (AvgIpc) is 2.96. The standard InChI is InChI=1S/C15H19N5O/c1-11-9-12(7-8-16-11)14(21)18-15-19-17-10-20(15)13-5-3-2-4-6-13/h2-6,10-12,16H,7-9H2,1H3,(H,18,19,21)/t11-,12-/m0/s1. The molecule has 6 heteroatoms. The molecule has 2 atom stereocenters. The lowest BCUT2D eigenvalue weighted by molar-refractivity contribution is -0.120. The summed E-state index contributed by atoms with van der Waals surface area (Å²) < 4.78 is 1.78. The number of aromatic nitrogens is 3. The fourth-order valence-electron chi connectivity index (χ4n) is 2.68. The molecule has 110 valence electrons. The smallest absolute Gasteiger partial charge is 0.235 e. The predicted octanol–water partition coefficient (Wildman–Crippen LogP) is 1.59. The Morgan fingerprint density at radius 3 is 2.95 bits per heavy atom. The second-order valence-corrected chi connectivity index (χ2v) is 5.43. The van der Waals surface area contributed by atoms with Crippen LogP contribution in [0.5, 0.6) is 0 Å². The Bertz CT molecular complexity index is 610. The quantitative estimate of drug-likeness (QED) is 0.898. The Morgan fingerprint density at radius 1 is 1.38 bits per heavy atom. The van der Waals surface area contributed by atoms with Gasteiger partial charge in [-0.1, -0.05) is 18.2 Å². The third kappa shape index (κ3) is 3.11. The molecule has 1 fully saturated rings. The van der Waals surface area contributed by atoms with Crippen LogP contribution in [-0.2, 0) is 4.79 Å². The van der Waals surface area contributed by atoms with Crippen molar-refractivity contribution in [1.29, 1.82) is 0 Å². The van der Waals surface area contributed by atoms with Crippen molar-refractivity contribution in [2.75, 3.05) is 11.9 Å². The van der Waals surface area contributed by atoms with Gasteiger partial charge >= 0.3 is 0 Å². The van der Waals surface area contributed by atoms with Crippen LogP contribution in [0.1, 0.15) is 19.8 Å². The van der Waals surface area contributed by atoms with E-state index in [0.29, 0.717) is 12.0 Å².